The second kappa shape index (κ2) is 12.1. The maximum absolute atomic E-state index is 13.9. The quantitative estimate of drug-likeness (QED) is 0.490. The predicted molar refractivity (Wildman–Crippen MR) is 146 cm³/mol. The van der Waals surface area contributed by atoms with E-state index in [9.17, 15) is 18.0 Å². The molecule has 0 unspecified atom stereocenters. The van der Waals surface area contributed by atoms with Crippen LogP contribution in [0.25, 0.3) is 0 Å². The second-order valence-electron chi connectivity index (χ2n) is 10.1. The Labute approximate surface area is 225 Å². The van der Waals surface area contributed by atoms with E-state index in [-0.39, 0.29) is 25.3 Å². The minimum atomic E-state index is -3.83. The maximum atomic E-state index is 13.9. The summed E-state index contributed by atoms with van der Waals surface area (Å²) in [5.41, 5.74) is 2.20. The monoisotopic (exact) mass is 543 g/mol. The van der Waals surface area contributed by atoms with Crippen LogP contribution in [0.15, 0.2) is 42.5 Å². The first-order valence-electron chi connectivity index (χ1n) is 13.2. The summed E-state index contributed by atoms with van der Waals surface area (Å²) < 4.78 is 37.5. The van der Waals surface area contributed by atoms with Crippen LogP contribution in [0.2, 0.25) is 0 Å². The van der Waals surface area contributed by atoms with E-state index in [4.69, 9.17) is 9.47 Å². The molecule has 4 rings (SSSR count). The van der Waals surface area contributed by atoms with E-state index in [1.165, 1.54) is 11.3 Å². The molecule has 1 aliphatic heterocycles. The summed E-state index contributed by atoms with van der Waals surface area (Å²) in [6, 6.07) is 11.9. The first kappa shape index (κ1) is 27.8. The standard InChI is InChI=1S/C28H37N3O6S/c1-4-24(28(33)29-22-11-6-5-7-12-22)30(17-21-10-8-9-20(2)15-21)27(32)18-31(38(3,34)35)23-13-14-25-26(16-23)37-19-36-25/h8-10,13-16,22,24H,4-7,11-12,17-19H2,1-3H3,(H,29,33)/t24-/m1/s1. The van der Waals surface area contributed by atoms with Gasteiger partial charge in [-0.3, -0.25) is 13.9 Å². The van der Waals surface area contributed by atoms with Gasteiger partial charge in [0.25, 0.3) is 0 Å². The third kappa shape index (κ3) is 6.78. The molecule has 2 amide bonds. The number of ether oxygens (including phenoxy) is 2. The number of aryl methyl sites for hydroxylation is 1. The third-order valence-electron chi connectivity index (χ3n) is 7.10. The second-order valence-corrected chi connectivity index (χ2v) is 12.0. The van der Waals surface area contributed by atoms with Crippen molar-refractivity contribution in [1.82, 2.24) is 10.2 Å². The number of carbonyl (C=O) groups is 2. The van der Waals surface area contributed by atoms with Crippen molar-refractivity contribution in [3.05, 3.63) is 53.6 Å². The summed E-state index contributed by atoms with van der Waals surface area (Å²) in [6.07, 6.45) is 6.64. The number of sulfonamides is 1. The van der Waals surface area contributed by atoms with Crippen LogP contribution in [-0.2, 0) is 26.2 Å². The highest BCUT2D eigenvalue weighted by atomic mass is 32.2. The van der Waals surface area contributed by atoms with Gasteiger partial charge in [-0.2, -0.15) is 0 Å². The number of fused-ring (bicyclic) bond motifs is 1. The first-order chi connectivity index (χ1) is 18.2. The molecule has 1 saturated carbocycles. The van der Waals surface area contributed by atoms with Gasteiger partial charge in [-0.25, -0.2) is 8.42 Å². The van der Waals surface area contributed by atoms with E-state index < -0.39 is 28.5 Å². The zero-order chi connectivity index (χ0) is 27.3. The van der Waals surface area contributed by atoms with Gasteiger partial charge >= 0.3 is 0 Å². The number of benzene rings is 2. The third-order valence-corrected chi connectivity index (χ3v) is 8.24. The summed E-state index contributed by atoms with van der Waals surface area (Å²) in [6.45, 7) is 3.63. The lowest BCUT2D eigenvalue weighted by Crippen LogP contribution is -2.53. The Balaban J connectivity index is 1.62. The molecule has 9 nitrogen and oxygen atoms in total. The van der Waals surface area contributed by atoms with Gasteiger partial charge in [-0.15, -0.1) is 0 Å². The zero-order valence-corrected chi connectivity index (χ0v) is 23.1. The van der Waals surface area contributed by atoms with E-state index in [0.29, 0.717) is 23.6 Å². The SMILES string of the molecule is CC[C@H](C(=O)NC1CCCCC1)N(Cc1cccc(C)c1)C(=O)CN(c1ccc2c(c1)OCO2)S(C)(=O)=O. The molecule has 1 atom stereocenters. The molecule has 2 aromatic carbocycles. The fourth-order valence-electron chi connectivity index (χ4n) is 5.13. The Morgan fingerprint density at radius 2 is 1.79 bits per heavy atom. The van der Waals surface area contributed by atoms with Crippen molar-refractivity contribution in [3.63, 3.8) is 0 Å². The summed E-state index contributed by atoms with van der Waals surface area (Å²) in [4.78, 5) is 28.8. The van der Waals surface area contributed by atoms with Crippen LogP contribution >= 0.6 is 0 Å². The van der Waals surface area contributed by atoms with E-state index in [0.717, 1.165) is 47.4 Å². The molecule has 10 heteroatoms. The van der Waals surface area contributed by atoms with Crippen molar-refractivity contribution in [3.8, 4) is 11.5 Å². The lowest BCUT2D eigenvalue weighted by Gasteiger charge is -2.34. The molecule has 0 saturated heterocycles. The number of hydrogen-bond acceptors (Lipinski definition) is 6. The van der Waals surface area contributed by atoms with Gasteiger partial charge in [-0.1, -0.05) is 56.0 Å². The lowest BCUT2D eigenvalue weighted by molar-refractivity contribution is -0.140. The summed E-state index contributed by atoms with van der Waals surface area (Å²) in [5, 5.41) is 3.15. The highest BCUT2D eigenvalue weighted by molar-refractivity contribution is 7.92. The smallest absolute Gasteiger partial charge is 0.244 e. The number of nitrogens with one attached hydrogen (secondary N) is 1. The van der Waals surface area contributed by atoms with Crippen LogP contribution in [0.4, 0.5) is 5.69 Å². The summed E-state index contributed by atoms with van der Waals surface area (Å²) >= 11 is 0. The van der Waals surface area contributed by atoms with Crippen molar-refractivity contribution < 1.29 is 27.5 Å². The molecule has 2 aliphatic rings. The van der Waals surface area contributed by atoms with Crippen LogP contribution in [0.5, 0.6) is 11.5 Å². The molecule has 1 aliphatic carbocycles. The van der Waals surface area contributed by atoms with Gasteiger partial charge in [0.15, 0.2) is 11.5 Å². The summed E-state index contributed by atoms with van der Waals surface area (Å²) in [7, 11) is -3.83. The highest BCUT2D eigenvalue weighted by Crippen LogP contribution is 2.36. The highest BCUT2D eigenvalue weighted by Gasteiger charge is 2.33. The fourth-order valence-corrected chi connectivity index (χ4v) is 5.97. The van der Waals surface area contributed by atoms with Crippen molar-refractivity contribution in [1.29, 1.82) is 0 Å². The number of carbonyl (C=O) groups excluding carboxylic acids is 2. The Kier molecular flexibility index (Phi) is 8.81. The Hall–Kier alpha value is -3.27. The molecule has 1 fully saturated rings. The maximum Gasteiger partial charge on any atom is 0.244 e. The van der Waals surface area contributed by atoms with Crippen LogP contribution < -0.4 is 19.1 Å². The number of hydrogen-bond donors (Lipinski definition) is 1. The van der Waals surface area contributed by atoms with Gasteiger partial charge in [0, 0.05) is 18.7 Å². The molecule has 2 aromatic rings. The Morgan fingerprint density at radius 1 is 1.05 bits per heavy atom. The molecular weight excluding hydrogens is 506 g/mol. The van der Waals surface area contributed by atoms with Crippen LogP contribution in [0.1, 0.15) is 56.6 Å². The number of rotatable bonds is 10. The van der Waals surface area contributed by atoms with Crippen molar-refractivity contribution in [2.45, 2.75) is 71.0 Å². The van der Waals surface area contributed by atoms with Gasteiger partial charge in [0.1, 0.15) is 12.6 Å². The summed E-state index contributed by atoms with van der Waals surface area (Å²) in [5.74, 6) is 0.271. The molecule has 0 aromatic heterocycles. The molecule has 38 heavy (non-hydrogen) atoms. The van der Waals surface area contributed by atoms with Crippen molar-refractivity contribution in [2.75, 3.05) is 23.9 Å². The van der Waals surface area contributed by atoms with Gasteiger partial charge in [0.2, 0.25) is 28.6 Å². The van der Waals surface area contributed by atoms with Gasteiger partial charge < -0.3 is 19.7 Å². The van der Waals surface area contributed by atoms with E-state index in [1.54, 1.807) is 18.2 Å². The Morgan fingerprint density at radius 3 is 2.47 bits per heavy atom. The number of nitrogens with zero attached hydrogens (tertiary/aromatic N) is 2. The molecule has 1 N–H and O–H groups in total. The minimum Gasteiger partial charge on any atom is -0.454 e. The minimum absolute atomic E-state index is 0.0507. The topological polar surface area (TPSA) is 105 Å². The average molecular weight is 544 g/mol. The first-order valence-corrected chi connectivity index (χ1v) is 15.0. The van der Waals surface area contributed by atoms with E-state index >= 15 is 0 Å². The predicted octanol–water partition coefficient (Wildman–Crippen LogP) is 3.75. The average Bonchev–Trinajstić information content (AvgIpc) is 3.35. The number of amides is 2. The van der Waals surface area contributed by atoms with E-state index in [2.05, 4.69) is 5.32 Å². The fraction of sp³-hybridized carbons (Fsp3) is 0.500. The Bertz CT molecular complexity index is 1260. The normalized spacial score (nSPS) is 16.1. The molecule has 206 valence electrons. The molecule has 1 heterocycles. The van der Waals surface area contributed by atoms with Gasteiger partial charge in [-0.05, 0) is 43.9 Å². The van der Waals surface area contributed by atoms with E-state index in [1.807, 2.05) is 38.1 Å². The van der Waals surface area contributed by atoms with Crippen molar-refractivity contribution in [2.24, 2.45) is 0 Å². The molecular formula is C28H37N3O6S. The zero-order valence-electron chi connectivity index (χ0n) is 22.3. The largest absolute Gasteiger partial charge is 0.454 e. The van der Waals surface area contributed by atoms with Crippen LogP contribution in [0, 0.1) is 6.92 Å². The van der Waals surface area contributed by atoms with Crippen molar-refractivity contribution >= 4 is 27.5 Å². The number of anilines is 1. The molecule has 0 radical (unpaired) electrons. The van der Waals surface area contributed by atoms with Crippen LogP contribution in [-0.4, -0.2) is 56.8 Å². The lowest BCUT2D eigenvalue weighted by atomic mass is 9.95. The van der Waals surface area contributed by atoms with Gasteiger partial charge in [0.05, 0.1) is 11.9 Å². The molecule has 0 spiro atoms. The van der Waals surface area contributed by atoms with Crippen LogP contribution in [0.3, 0.4) is 0 Å². The molecule has 0 bridgehead atoms.